The summed E-state index contributed by atoms with van der Waals surface area (Å²) >= 11 is 1.50. The van der Waals surface area contributed by atoms with Crippen molar-refractivity contribution in [2.45, 2.75) is 52.8 Å². The molecule has 0 saturated carbocycles. The Labute approximate surface area is 260 Å². The number of carbonyl (C=O) groups excluding carboxylic acids is 1. The van der Waals surface area contributed by atoms with Crippen LogP contribution in [0.1, 0.15) is 39.0 Å². The molecule has 230 valence electrons. The number of benzene rings is 1. The Balaban J connectivity index is 1.57. The lowest BCUT2D eigenvalue weighted by molar-refractivity contribution is -0.126. The van der Waals surface area contributed by atoms with Crippen LogP contribution in [0.5, 0.6) is 5.75 Å². The fourth-order valence-corrected chi connectivity index (χ4v) is 7.10. The fraction of sp³-hybridized carbons (Fsp3) is 0.382. The van der Waals surface area contributed by atoms with Crippen molar-refractivity contribution < 1.29 is 18.3 Å². The van der Waals surface area contributed by atoms with Gasteiger partial charge in [0.2, 0.25) is 5.91 Å². The van der Waals surface area contributed by atoms with Crippen LogP contribution in [0.2, 0.25) is 0 Å². The van der Waals surface area contributed by atoms with Crippen LogP contribution in [-0.2, 0) is 17.8 Å². The maximum atomic E-state index is 16.0. The van der Waals surface area contributed by atoms with Crippen molar-refractivity contribution in [1.82, 2.24) is 19.8 Å². The zero-order valence-corrected chi connectivity index (χ0v) is 26.4. The maximum absolute atomic E-state index is 16.0. The van der Waals surface area contributed by atoms with Gasteiger partial charge in [-0.3, -0.25) is 14.7 Å². The van der Waals surface area contributed by atoms with Gasteiger partial charge in [0.05, 0.1) is 17.4 Å². The fourth-order valence-electron chi connectivity index (χ4n) is 6.15. The van der Waals surface area contributed by atoms with E-state index in [0.717, 1.165) is 59.4 Å². The second-order valence-electron chi connectivity index (χ2n) is 11.9. The van der Waals surface area contributed by atoms with Crippen LogP contribution in [0.4, 0.5) is 14.6 Å². The molecular formula is C34H37F2N5O2S. The van der Waals surface area contributed by atoms with Gasteiger partial charge in [-0.15, -0.1) is 11.3 Å². The summed E-state index contributed by atoms with van der Waals surface area (Å²) in [6.45, 7) is 16.1. The Morgan fingerprint density at radius 2 is 1.84 bits per heavy atom. The second-order valence-corrected chi connectivity index (χ2v) is 12.8. The normalized spacial score (nSPS) is 15.7. The van der Waals surface area contributed by atoms with Crippen LogP contribution in [0, 0.1) is 11.6 Å². The smallest absolute Gasteiger partial charge is 0.246 e. The molecule has 1 aromatic carbocycles. The molecule has 1 amide bonds. The number of anilines is 1. The molecule has 0 N–H and O–H groups in total. The number of hydrogen-bond acceptors (Lipinski definition) is 7. The number of halogens is 2. The van der Waals surface area contributed by atoms with E-state index < -0.39 is 11.6 Å². The molecule has 0 radical (unpaired) electrons. The molecule has 0 aliphatic carbocycles. The summed E-state index contributed by atoms with van der Waals surface area (Å²) in [7, 11) is 0. The number of hydrogen-bond donors (Lipinski definition) is 0. The van der Waals surface area contributed by atoms with E-state index in [2.05, 4.69) is 30.2 Å². The van der Waals surface area contributed by atoms with Gasteiger partial charge in [0.25, 0.3) is 0 Å². The quantitative estimate of drug-likeness (QED) is 0.215. The number of nitrogens with zero attached hydrogens (tertiary/aromatic N) is 5. The van der Waals surface area contributed by atoms with Crippen molar-refractivity contribution in [3.63, 3.8) is 0 Å². The van der Waals surface area contributed by atoms with Gasteiger partial charge >= 0.3 is 0 Å². The van der Waals surface area contributed by atoms with Crippen molar-refractivity contribution in [1.29, 1.82) is 0 Å². The molecule has 1 saturated heterocycles. The SMILES string of the molecule is C=CC(=O)N1CCc2ncc(-c3nc(N4CCN(C(C)C)CC4)c4ccsc4c3-c3c(F)cc(F)cc3OC(C)C)cc2C1. The van der Waals surface area contributed by atoms with E-state index >= 15 is 4.39 Å². The highest BCUT2D eigenvalue weighted by molar-refractivity contribution is 7.18. The highest BCUT2D eigenvalue weighted by atomic mass is 32.1. The van der Waals surface area contributed by atoms with Crippen molar-refractivity contribution in [2.24, 2.45) is 0 Å². The molecule has 5 heterocycles. The van der Waals surface area contributed by atoms with E-state index in [1.165, 1.54) is 23.5 Å². The van der Waals surface area contributed by atoms with Crippen LogP contribution in [-0.4, -0.2) is 70.5 Å². The summed E-state index contributed by atoms with van der Waals surface area (Å²) in [5.74, 6) is -0.599. The van der Waals surface area contributed by atoms with Crippen molar-refractivity contribution in [3.8, 4) is 28.1 Å². The summed E-state index contributed by atoms with van der Waals surface area (Å²) < 4.78 is 37.4. The molecule has 10 heteroatoms. The third-order valence-electron chi connectivity index (χ3n) is 8.36. The molecule has 0 spiro atoms. The minimum atomic E-state index is -0.717. The van der Waals surface area contributed by atoms with Crippen LogP contribution in [0.3, 0.4) is 0 Å². The predicted octanol–water partition coefficient (Wildman–Crippen LogP) is 6.69. The van der Waals surface area contributed by atoms with Gasteiger partial charge < -0.3 is 14.5 Å². The van der Waals surface area contributed by atoms with Crippen LogP contribution < -0.4 is 9.64 Å². The van der Waals surface area contributed by atoms with Gasteiger partial charge in [-0.25, -0.2) is 13.8 Å². The zero-order chi connectivity index (χ0) is 31.1. The first-order valence-electron chi connectivity index (χ1n) is 15.1. The summed E-state index contributed by atoms with van der Waals surface area (Å²) in [5, 5.41) is 2.90. The summed E-state index contributed by atoms with van der Waals surface area (Å²) in [6.07, 6.45) is 3.43. The highest BCUT2D eigenvalue weighted by Crippen LogP contribution is 2.47. The van der Waals surface area contributed by atoms with Gasteiger partial charge in [-0.05, 0) is 56.8 Å². The van der Waals surface area contributed by atoms with Crippen LogP contribution in [0.25, 0.3) is 32.5 Å². The van der Waals surface area contributed by atoms with Gasteiger partial charge in [-0.2, -0.15) is 0 Å². The van der Waals surface area contributed by atoms with E-state index in [9.17, 15) is 9.18 Å². The number of ether oxygens (including phenoxy) is 1. The minimum absolute atomic E-state index is 0.127. The van der Waals surface area contributed by atoms with Crippen molar-refractivity contribution in [2.75, 3.05) is 37.6 Å². The van der Waals surface area contributed by atoms with Gasteiger partial charge in [0.15, 0.2) is 0 Å². The molecule has 1 fully saturated rings. The maximum Gasteiger partial charge on any atom is 0.246 e. The zero-order valence-electron chi connectivity index (χ0n) is 25.6. The molecule has 44 heavy (non-hydrogen) atoms. The molecule has 0 atom stereocenters. The molecule has 0 unspecified atom stereocenters. The number of thiophene rings is 1. The predicted molar refractivity (Wildman–Crippen MR) is 172 cm³/mol. The molecule has 7 nitrogen and oxygen atoms in total. The van der Waals surface area contributed by atoms with Crippen LogP contribution in [0.15, 0.2) is 48.5 Å². The van der Waals surface area contributed by atoms with E-state index in [4.69, 9.17) is 14.7 Å². The summed E-state index contributed by atoms with van der Waals surface area (Å²) in [4.78, 5) is 29.0. The molecule has 0 bridgehead atoms. The number of amides is 1. The standard InChI is InChI=1S/C34H37F2N5O2S/c1-6-29(42)41-9-7-27-23(19-41)15-22(18-37-27)32-31(30-26(36)16-24(35)17-28(30)43-21(4)5)33-25(8-14-44-33)34(38-32)40-12-10-39(11-13-40)20(2)3/h6,8,14-18,20-21H,1,7,9-13,19H2,2-5H3. The first-order chi connectivity index (χ1) is 21.1. The average molecular weight is 618 g/mol. The lowest BCUT2D eigenvalue weighted by Gasteiger charge is -2.38. The third kappa shape index (κ3) is 5.68. The van der Waals surface area contributed by atoms with E-state index in [1.807, 2.05) is 31.4 Å². The first-order valence-corrected chi connectivity index (χ1v) is 16.0. The molecule has 2 aliphatic heterocycles. The largest absolute Gasteiger partial charge is 0.490 e. The topological polar surface area (TPSA) is 61.8 Å². The Morgan fingerprint density at radius 3 is 2.55 bits per heavy atom. The monoisotopic (exact) mass is 617 g/mol. The Morgan fingerprint density at radius 1 is 1.07 bits per heavy atom. The van der Waals surface area contributed by atoms with E-state index in [0.29, 0.717) is 42.4 Å². The summed E-state index contributed by atoms with van der Waals surface area (Å²) in [5.41, 5.74) is 3.79. The highest BCUT2D eigenvalue weighted by Gasteiger charge is 2.29. The number of rotatable bonds is 7. The average Bonchev–Trinajstić information content (AvgIpc) is 3.49. The molecule has 3 aromatic heterocycles. The number of carbonyl (C=O) groups is 1. The lowest BCUT2D eigenvalue weighted by Crippen LogP contribution is -2.49. The number of piperazine rings is 1. The van der Waals surface area contributed by atoms with E-state index in [-0.39, 0.29) is 23.3 Å². The minimum Gasteiger partial charge on any atom is -0.490 e. The molecule has 4 aromatic rings. The molecule has 2 aliphatic rings. The van der Waals surface area contributed by atoms with Gasteiger partial charge in [0.1, 0.15) is 23.2 Å². The molecule has 6 rings (SSSR count). The Kier molecular flexibility index (Phi) is 8.39. The number of aromatic nitrogens is 2. The van der Waals surface area contributed by atoms with Gasteiger partial charge in [-0.1, -0.05) is 6.58 Å². The van der Waals surface area contributed by atoms with Crippen molar-refractivity contribution in [3.05, 3.63) is 71.4 Å². The first kappa shape index (κ1) is 30.1. The number of pyridine rings is 2. The van der Waals surface area contributed by atoms with Crippen molar-refractivity contribution >= 4 is 33.1 Å². The van der Waals surface area contributed by atoms with E-state index in [1.54, 1.807) is 11.1 Å². The number of fused-ring (bicyclic) bond motifs is 2. The Hall–Kier alpha value is -3.89. The lowest BCUT2D eigenvalue weighted by atomic mass is 9.95. The summed E-state index contributed by atoms with van der Waals surface area (Å²) in [6, 6.07) is 6.62. The second kappa shape index (κ2) is 12.2. The van der Waals surface area contributed by atoms with Gasteiger partial charge in [0, 0.05) is 97.0 Å². The third-order valence-corrected chi connectivity index (χ3v) is 9.29. The Bertz CT molecular complexity index is 1730. The molecular weight excluding hydrogens is 580 g/mol. The van der Waals surface area contributed by atoms with Crippen LogP contribution >= 0.6 is 11.3 Å².